The molecule has 1 atom stereocenters. The number of amides is 1. The number of hydrogen-bond acceptors (Lipinski definition) is 6. The number of nitriles is 1. The minimum Gasteiger partial charge on any atom is -0.301 e. The average molecular weight is 483 g/mol. The van der Waals surface area contributed by atoms with Gasteiger partial charge in [-0.25, -0.2) is 9.97 Å². The predicted octanol–water partition coefficient (Wildman–Crippen LogP) is 6.08. The highest BCUT2D eigenvalue weighted by atomic mass is 32.2. The van der Waals surface area contributed by atoms with Gasteiger partial charge < -0.3 is 5.32 Å². The molecule has 4 aromatic rings. The number of thioether (sulfide) groups is 1. The van der Waals surface area contributed by atoms with Gasteiger partial charge in [0.1, 0.15) is 11.1 Å². The molecular formula is C27H22N4OS2. The van der Waals surface area contributed by atoms with Crippen LogP contribution >= 0.6 is 23.1 Å². The molecular weight excluding hydrogens is 460 g/mol. The Morgan fingerprint density at radius 1 is 1.12 bits per heavy atom. The van der Waals surface area contributed by atoms with Crippen molar-refractivity contribution >= 4 is 34.1 Å². The van der Waals surface area contributed by atoms with Crippen LogP contribution in [0.2, 0.25) is 0 Å². The molecule has 0 fully saturated rings. The quantitative estimate of drug-likeness (QED) is 0.337. The van der Waals surface area contributed by atoms with Crippen molar-refractivity contribution in [2.24, 2.45) is 0 Å². The van der Waals surface area contributed by atoms with Gasteiger partial charge in [-0.2, -0.15) is 5.26 Å². The number of benzene rings is 2. The summed E-state index contributed by atoms with van der Waals surface area (Å²) in [5.41, 5.74) is 5.90. The molecule has 5 rings (SSSR count). The van der Waals surface area contributed by atoms with Crippen molar-refractivity contribution in [3.8, 4) is 17.3 Å². The molecule has 0 aliphatic heterocycles. The van der Waals surface area contributed by atoms with E-state index in [9.17, 15) is 10.1 Å². The van der Waals surface area contributed by atoms with E-state index in [0.29, 0.717) is 21.6 Å². The fraction of sp³-hybridized carbons (Fsp3) is 0.185. The Morgan fingerprint density at radius 3 is 2.65 bits per heavy atom. The molecule has 0 unspecified atom stereocenters. The number of carbonyl (C=O) groups excluding carboxylic acids is 1. The van der Waals surface area contributed by atoms with Gasteiger partial charge in [0, 0.05) is 16.6 Å². The maximum atomic E-state index is 12.5. The third-order valence-electron chi connectivity index (χ3n) is 5.90. The lowest BCUT2D eigenvalue weighted by Crippen LogP contribution is -2.16. The summed E-state index contributed by atoms with van der Waals surface area (Å²) in [6.45, 7) is 0. The Balaban J connectivity index is 1.23. The summed E-state index contributed by atoms with van der Waals surface area (Å²) in [5.74, 6) is 0.463. The van der Waals surface area contributed by atoms with E-state index < -0.39 is 0 Å². The zero-order valence-electron chi connectivity index (χ0n) is 18.4. The number of nitrogens with one attached hydrogen (secondary N) is 1. The first kappa shape index (κ1) is 22.3. The first-order valence-electron chi connectivity index (χ1n) is 11.1. The molecule has 0 bridgehead atoms. The second-order valence-corrected chi connectivity index (χ2v) is 9.97. The van der Waals surface area contributed by atoms with Crippen molar-refractivity contribution in [2.45, 2.75) is 30.2 Å². The fourth-order valence-corrected chi connectivity index (χ4v) is 5.72. The Kier molecular flexibility index (Phi) is 6.70. The van der Waals surface area contributed by atoms with Crippen LogP contribution in [0, 0.1) is 11.3 Å². The highest BCUT2D eigenvalue weighted by molar-refractivity contribution is 8.00. The van der Waals surface area contributed by atoms with E-state index in [-0.39, 0.29) is 11.7 Å². The van der Waals surface area contributed by atoms with Crippen molar-refractivity contribution in [2.75, 3.05) is 11.1 Å². The van der Waals surface area contributed by atoms with E-state index in [2.05, 4.69) is 40.6 Å². The lowest BCUT2D eigenvalue weighted by Gasteiger charge is -2.25. The number of rotatable bonds is 6. The third-order valence-corrected chi connectivity index (χ3v) is 7.65. The van der Waals surface area contributed by atoms with Crippen molar-refractivity contribution < 1.29 is 4.79 Å². The molecule has 7 heteroatoms. The second kappa shape index (κ2) is 10.2. The first-order chi connectivity index (χ1) is 16.7. The van der Waals surface area contributed by atoms with E-state index >= 15 is 0 Å². The number of fused-ring (bicyclic) bond motifs is 1. The number of nitrogens with zero attached hydrogens (tertiary/aromatic N) is 3. The average Bonchev–Trinajstić information content (AvgIpc) is 3.36. The predicted molar refractivity (Wildman–Crippen MR) is 137 cm³/mol. The largest absolute Gasteiger partial charge is 0.301 e. The van der Waals surface area contributed by atoms with Gasteiger partial charge in [0.05, 0.1) is 17.0 Å². The number of aryl methyl sites for hydroxylation is 1. The van der Waals surface area contributed by atoms with Crippen molar-refractivity contribution in [3.05, 3.63) is 94.5 Å². The van der Waals surface area contributed by atoms with E-state index in [1.807, 2.05) is 47.8 Å². The van der Waals surface area contributed by atoms with Crippen molar-refractivity contribution in [3.63, 3.8) is 0 Å². The van der Waals surface area contributed by atoms with E-state index in [0.717, 1.165) is 41.8 Å². The van der Waals surface area contributed by atoms with Gasteiger partial charge in [0.25, 0.3) is 0 Å². The van der Waals surface area contributed by atoms with Gasteiger partial charge in [-0.1, -0.05) is 72.4 Å². The van der Waals surface area contributed by atoms with Crippen LogP contribution < -0.4 is 5.32 Å². The van der Waals surface area contributed by atoms with E-state index in [1.54, 1.807) is 0 Å². The molecule has 168 valence electrons. The van der Waals surface area contributed by atoms with Crippen LogP contribution in [0.5, 0.6) is 0 Å². The minimum absolute atomic E-state index is 0.161. The number of thiazole rings is 1. The number of pyridine rings is 1. The van der Waals surface area contributed by atoms with Crippen LogP contribution in [-0.2, 0) is 17.6 Å². The smallest absolute Gasteiger partial charge is 0.236 e. The summed E-state index contributed by atoms with van der Waals surface area (Å²) in [6, 6.07) is 24.6. The monoisotopic (exact) mass is 482 g/mol. The minimum atomic E-state index is -0.161. The maximum Gasteiger partial charge on any atom is 0.236 e. The lowest BCUT2D eigenvalue weighted by atomic mass is 9.82. The summed E-state index contributed by atoms with van der Waals surface area (Å²) in [4.78, 5) is 21.8. The van der Waals surface area contributed by atoms with Crippen LogP contribution in [0.4, 0.5) is 5.13 Å². The third kappa shape index (κ3) is 5.04. The SMILES string of the molecule is N#Cc1cc2c(nc1SCC(=O)Nc1nc(-c3ccccc3)cs1)CC[C@H](c1ccccc1)C2. The number of anilines is 1. The molecule has 2 aromatic carbocycles. The normalized spacial score (nSPS) is 14.7. The Labute approximate surface area is 206 Å². The summed E-state index contributed by atoms with van der Waals surface area (Å²) >= 11 is 2.70. The van der Waals surface area contributed by atoms with Crippen LogP contribution in [0.25, 0.3) is 11.3 Å². The molecule has 1 amide bonds. The summed E-state index contributed by atoms with van der Waals surface area (Å²) in [5, 5.41) is 15.7. The van der Waals surface area contributed by atoms with Crippen molar-refractivity contribution in [1.29, 1.82) is 5.26 Å². The Hall–Kier alpha value is -3.47. The molecule has 2 heterocycles. The van der Waals surface area contributed by atoms with Gasteiger partial charge >= 0.3 is 0 Å². The Bertz CT molecular complexity index is 1350. The second-order valence-electron chi connectivity index (χ2n) is 8.15. The molecule has 0 spiro atoms. The molecule has 5 nitrogen and oxygen atoms in total. The van der Waals surface area contributed by atoms with Gasteiger partial charge in [-0.15, -0.1) is 11.3 Å². The van der Waals surface area contributed by atoms with Gasteiger partial charge in [-0.05, 0) is 42.4 Å². The van der Waals surface area contributed by atoms with Crippen LogP contribution in [0.15, 0.2) is 77.1 Å². The molecule has 2 aromatic heterocycles. The zero-order chi connectivity index (χ0) is 23.3. The first-order valence-corrected chi connectivity index (χ1v) is 13.0. The standard InChI is InChI=1S/C27H22N4OS2/c28-15-22-14-21-13-20(18-7-3-1-4-8-18)11-12-23(21)29-26(22)33-17-25(32)31-27-30-24(16-34-27)19-9-5-2-6-10-19/h1-10,14,16,20H,11-13,17H2,(H,30,31,32)/t20-/m0/s1. The highest BCUT2D eigenvalue weighted by Gasteiger charge is 2.23. The van der Waals surface area contributed by atoms with Crippen LogP contribution in [0.1, 0.15) is 34.7 Å². The van der Waals surface area contributed by atoms with E-state index in [4.69, 9.17) is 4.98 Å². The molecule has 34 heavy (non-hydrogen) atoms. The lowest BCUT2D eigenvalue weighted by molar-refractivity contribution is -0.113. The number of aromatic nitrogens is 2. The molecule has 0 saturated carbocycles. The molecule has 0 saturated heterocycles. The van der Waals surface area contributed by atoms with E-state index in [1.165, 1.54) is 28.7 Å². The topological polar surface area (TPSA) is 78.7 Å². The summed E-state index contributed by atoms with van der Waals surface area (Å²) in [6.07, 6.45) is 2.80. The Morgan fingerprint density at radius 2 is 1.88 bits per heavy atom. The van der Waals surface area contributed by atoms with Gasteiger partial charge in [0.15, 0.2) is 5.13 Å². The maximum absolute atomic E-state index is 12.5. The molecule has 0 radical (unpaired) electrons. The highest BCUT2D eigenvalue weighted by Crippen LogP contribution is 2.34. The summed E-state index contributed by atoms with van der Waals surface area (Å²) < 4.78 is 0. The number of hydrogen-bond donors (Lipinski definition) is 1. The van der Waals surface area contributed by atoms with Crippen LogP contribution in [0.3, 0.4) is 0 Å². The van der Waals surface area contributed by atoms with Gasteiger partial charge in [-0.3, -0.25) is 4.79 Å². The van der Waals surface area contributed by atoms with Crippen LogP contribution in [-0.4, -0.2) is 21.6 Å². The van der Waals surface area contributed by atoms with Crippen molar-refractivity contribution in [1.82, 2.24) is 9.97 Å². The molecule has 1 N–H and O–H groups in total. The van der Waals surface area contributed by atoms with Gasteiger partial charge in [0.2, 0.25) is 5.91 Å². The number of carbonyl (C=O) groups is 1. The molecule has 1 aliphatic rings. The summed E-state index contributed by atoms with van der Waals surface area (Å²) in [7, 11) is 0. The molecule has 1 aliphatic carbocycles. The fourth-order valence-electron chi connectivity index (χ4n) is 4.21. The zero-order valence-corrected chi connectivity index (χ0v) is 20.0.